The zero-order valence-electron chi connectivity index (χ0n) is 14.7. The lowest BCUT2D eigenvalue weighted by atomic mass is 9.84. The Bertz CT molecular complexity index is 649. The van der Waals surface area contributed by atoms with Crippen molar-refractivity contribution in [1.82, 2.24) is 10.2 Å². The molecule has 1 saturated carbocycles. The smallest absolute Gasteiger partial charge is 0.345 e. The van der Waals surface area contributed by atoms with E-state index in [0.717, 1.165) is 36.6 Å². The number of carbonyl (C=O) groups excluding carboxylic acids is 2. The van der Waals surface area contributed by atoms with Crippen molar-refractivity contribution in [2.24, 2.45) is 11.7 Å². The Morgan fingerprint density at radius 1 is 1.23 bits per heavy atom. The van der Waals surface area contributed by atoms with Crippen LogP contribution >= 0.6 is 0 Å². The van der Waals surface area contributed by atoms with Crippen LogP contribution in [0.1, 0.15) is 36.8 Å². The number of nitrogens with zero attached hydrogens (tertiary/aromatic N) is 1. The van der Waals surface area contributed by atoms with Crippen LogP contribution in [0, 0.1) is 5.92 Å². The van der Waals surface area contributed by atoms with Crippen LogP contribution in [0.25, 0.3) is 0 Å². The lowest BCUT2D eigenvalue weighted by Gasteiger charge is -2.31. The van der Waals surface area contributed by atoms with E-state index in [1.165, 1.54) is 25.2 Å². The minimum atomic E-state index is -4.51. The first-order chi connectivity index (χ1) is 12.2. The molecule has 2 unspecified atom stereocenters. The van der Waals surface area contributed by atoms with Crippen LogP contribution in [0.2, 0.25) is 0 Å². The van der Waals surface area contributed by atoms with Gasteiger partial charge in [0.25, 0.3) is 0 Å². The van der Waals surface area contributed by atoms with Gasteiger partial charge in [-0.1, -0.05) is 31.0 Å². The Labute approximate surface area is 150 Å². The molecule has 1 aliphatic rings. The molecule has 1 aromatic carbocycles. The highest BCUT2D eigenvalue weighted by Crippen LogP contribution is 2.32. The van der Waals surface area contributed by atoms with Gasteiger partial charge >= 0.3 is 18.0 Å². The summed E-state index contributed by atoms with van der Waals surface area (Å²) in [6.07, 6.45) is -0.883. The van der Waals surface area contributed by atoms with E-state index in [-0.39, 0.29) is 24.1 Å². The standard InChI is InChI=1S/C18H24F3N3O2/c1-24(11-13-7-2-4-8-14(13)18(19,20)21)17(26)16(25)23-15-9-5-3-6-12(15)10-22/h2,4,7-8,12,15H,3,5-6,9-11,22H2,1H3,(H,23,25). The number of carbonyl (C=O) groups is 2. The minimum Gasteiger partial charge on any atom is -0.345 e. The van der Waals surface area contributed by atoms with Gasteiger partial charge in [0, 0.05) is 19.6 Å². The Balaban J connectivity index is 2.02. The van der Waals surface area contributed by atoms with E-state index in [1.54, 1.807) is 0 Å². The van der Waals surface area contributed by atoms with E-state index in [9.17, 15) is 22.8 Å². The number of alkyl halides is 3. The molecule has 0 aromatic heterocycles. The molecule has 1 fully saturated rings. The molecular weight excluding hydrogens is 347 g/mol. The van der Waals surface area contributed by atoms with Gasteiger partial charge in [-0.15, -0.1) is 0 Å². The van der Waals surface area contributed by atoms with Crippen LogP contribution in [-0.4, -0.2) is 36.3 Å². The van der Waals surface area contributed by atoms with Crippen molar-refractivity contribution in [3.8, 4) is 0 Å². The fourth-order valence-electron chi connectivity index (χ4n) is 3.35. The molecule has 2 amide bonds. The topological polar surface area (TPSA) is 75.4 Å². The van der Waals surface area contributed by atoms with Crippen molar-refractivity contribution in [2.45, 2.75) is 44.4 Å². The van der Waals surface area contributed by atoms with Gasteiger partial charge in [0.1, 0.15) is 0 Å². The van der Waals surface area contributed by atoms with E-state index in [1.807, 2.05) is 0 Å². The van der Waals surface area contributed by atoms with E-state index in [2.05, 4.69) is 5.32 Å². The van der Waals surface area contributed by atoms with Gasteiger partial charge in [-0.05, 0) is 36.9 Å². The lowest BCUT2D eigenvalue weighted by Crippen LogP contribution is -2.50. The largest absolute Gasteiger partial charge is 0.416 e. The van der Waals surface area contributed by atoms with Gasteiger partial charge in [-0.3, -0.25) is 9.59 Å². The molecule has 8 heteroatoms. The summed E-state index contributed by atoms with van der Waals surface area (Å²) in [4.78, 5) is 25.5. The lowest BCUT2D eigenvalue weighted by molar-refractivity contribution is -0.146. The third-order valence-corrected chi connectivity index (χ3v) is 4.80. The Kier molecular flexibility index (Phi) is 6.63. The highest BCUT2D eigenvalue weighted by atomic mass is 19.4. The Morgan fingerprint density at radius 3 is 2.54 bits per heavy atom. The maximum absolute atomic E-state index is 13.1. The van der Waals surface area contributed by atoms with Gasteiger partial charge in [-0.2, -0.15) is 13.2 Å². The number of nitrogens with two attached hydrogens (primary N) is 1. The number of benzene rings is 1. The van der Waals surface area contributed by atoms with Crippen LogP contribution in [0.3, 0.4) is 0 Å². The fraction of sp³-hybridized carbons (Fsp3) is 0.556. The zero-order chi connectivity index (χ0) is 19.3. The van der Waals surface area contributed by atoms with E-state index in [0.29, 0.717) is 6.54 Å². The predicted molar refractivity (Wildman–Crippen MR) is 90.9 cm³/mol. The first kappa shape index (κ1) is 20.2. The number of amides is 2. The second kappa shape index (κ2) is 8.53. The van der Waals surface area contributed by atoms with Crippen LogP contribution in [0.4, 0.5) is 13.2 Å². The van der Waals surface area contributed by atoms with Gasteiger partial charge in [0.15, 0.2) is 0 Å². The molecule has 0 saturated heterocycles. The molecule has 2 rings (SSSR count). The first-order valence-electron chi connectivity index (χ1n) is 8.65. The Hall–Kier alpha value is -2.09. The van der Waals surface area contributed by atoms with Crippen molar-refractivity contribution in [1.29, 1.82) is 0 Å². The van der Waals surface area contributed by atoms with Crippen LogP contribution in [0.5, 0.6) is 0 Å². The summed E-state index contributed by atoms with van der Waals surface area (Å²) < 4.78 is 39.2. The molecule has 5 nitrogen and oxygen atoms in total. The summed E-state index contributed by atoms with van der Waals surface area (Å²) in [5.74, 6) is -1.54. The van der Waals surface area contributed by atoms with Crippen molar-refractivity contribution in [2.75, 3.05) is 13.6 Å². The SMILES string of the molecule is CN(Cc1ccccc1C(F)(F)F)C(=O)C(=O)NC1CCCCC1CN. The second-order valence-corrected chi connectivity index (χ2v) is 6.68. The van der Waals surface area contributed by atoms with Crippen molar-refractivity contribution >= 4 is 11.8 Å². The summed E-state index contributed by atoms with van der Waals surface area (Å²) in [5.41, 5.74) is 4.85. The van der Waals surface area contributed by atoms with E-state index in [4.69, 9.17) is 5.73 Å². The summed E-state index contributed by atoms with van der Waals surface area (Å²) >= 11 is 0. The van der Waals surface area contributed by atoms with Gasteiger partial charge in [0.2, 0.25) is 0 Å². The normalized spacial score (nSPS) is 20.5. The van der Waals surface area contributed by atoms with Crippen molar-refractivity contribution < 1.29 is 22.8 Å². The predicted octanol–water partition coefficient (Wildman–Crippen LogP) is 2.30. The fourth-order valence-corrected chi connectivity index (χ4v) is 3.35. The van der Waals surface area contributed by atoms with E-state index >= 15 is 0 Å². The maximum atomic E-state index is 13.1. The van der Waals surface area contributed by atoms with Crippen molar-refractivity contribution in [3.63, 3.8) is 0 Å². The third kappa shape index (κ3) is 4.97. The molecule has 1 aromatic rings. The number of likely N-dealkylation sites (N-methyl/N-ethyl adjacent to an activating group) is 1. The van der Waals surface area contributed by atoms with Gasteiger partial charge in [-0.25, -0.2) is 0 Å². The summed E-state index contributed by atoms with van der Waals surface area (Å²) in [6.45, 7) is 0.126. The van der Waals surface area contributed by atoms with E-state index < -0.39 is 23.6 Å². The average Bonchev–Trinajstić information content (AvgIpc) is 2.61. The summed E-state index contributed by atoms with van der Waals surface area (Å²) in [5, 5.41) is 2.70. The van der Waals surface area contributed by atoms with Gasteiger partial charge in [0.05, 0.1) is 5.56 Å². The Morgan fingerprint density at radius 2 is 1.88 bits per heavy atom. The molecule has 0 aliphatic heterocycles. The first-order valence-corrected chi connectivity index (χ1v) is 8.65. The molecule has 2 atom stereocenters. The maximum Gasteiger partial charge on any atom is 0.416 e. The molecule has 144 valence electrons. The number of halogens is 3. The summed E-state index contributed by atoms with van der Waals surface area (Å²) in [6, 6.07) is 4.85. The molecular formula is C18H24F3N3O2. The highest BCUT2D eigenvalue weighted by Gasteiger charge is 2.34. The zero-order valence-corrected chi connectivity index (χ0v) is 14.7. The summed E-state index contributed by atoms with van der Waals surface area (Å²) in [7, 11) is 1.32. The number of hydrogen-bond acceptors (Lipinski definition) is 3. The minimum absolute atomic E-state index is 0.0545. The molecule has 0 bridgehead atoms. The number of nitrogens with one attached hydrogen (secondary N) is 1. The monoisotopic (exact) mass is 371 g/mol. The van der Waals surface area contributed by atoms with Crippen molar-refractivity contribution in [3.05, 3.63) is 35.4 Å². The molecule has 0 heterocycles. The van der Waals surface area contributed by atoms with Crippen LogP contribution in [0.15, 0.2) is 24.3 Å². The van der Waals surface area contributed by atoms with Crippen LogP contribution < -0.4 is 11.1 Å². The number of rotatable bonds is 4. The molecule has 26 heavy (non-hydrogen) atoms. The average molecular weight is 371 g/mol. The highest BCUT2D eigenvalue weighted by molar-refractivity contribution is 6.35. The third-order valence-electron chi connectivity index (χ3n) is 4.80. The molecule has 1 aliphatic carbocycles. The number of hydrogen-bond donors (Lipinski definition) is 2. The second-order valence-electron chi connectivity index (χ2n) is 6.68. The molecule has 3 N–H and O–H groups in total. The quantitative estimate of drug-likeness (QED) is 0.798. The van der Waals surface area contributed by atoms with Gasteiger partial charge < -0.3 is 16.0 Å². The molecule has 0 spiro atoms. The molecule has 0 radical (unpaired) electrons. The van der Waals surface area contributed by atoms with Crippen LogP contribution in [-0.2, 0) is 22.3 Å².